The predicted octanol–water partition coefficient (Wildman–Crippen LogP) is 1.33. The maximum Gasteiger partial charge on any atom is 0.319 e. The molecule has 0 saturated heterocycles. The molecule has 0 fully saturated rings. The number of ether oxygens (including phenoxy) is 1. The summed E-state index contributed by atoms with van der Waals surface area (Å²) in [7, 11) is 0. The predicted molar refractivity (Wildman–Crippen MR) is 56.8 cm³/mol. The van der Waals surface area contributed by atoms with Gasteiger partial charge in [0, 0.05) is 0 Å². The van der Waals surface area contributed by atoms with E-state index in [1.54, 1.807) is 0 Å². The van der Waals surface area contributed by atoms with Crippen LogP contribution in [0.15, 0.2) is 0 Å². The second-order valence-electron chi connectivity index (χ2n) is 3.08. The first kappa shape index (κ1) is 13.0. The van der Waals surface area contributed by atoms with Crippen molar-refractivity contribution in [1.82, 2.24) is 5.32 Å². The van der Waals surface area contributed by atoms with E-state index in [0.717, 1.165) is 19.3 Å². The highest BCUT2D eigenvalue weighted by atomic mass is 16.5. The van der Waals surface area contributed by atoms with Crippen molar-refractivity contribution in [2.45, 2.75) is 39.2 Å². The SMILES string of the molecule is C#CC(CC)NCC(=O)OCCCC. The minimum atomic E-state index is -0.229. The van der Waals surface area contributed by atoms with Gasteiger partial charge in [-0.15, -0.1) is 6.42 Å². The normalized spacial score (nSPS) is 11.8. The second kappa shape index (κ2) is 8.58. The third kappa shape index (κ3) is 6.50. The Morgan fingerprint density at radius 3 is 2.79 bits per heavy atom. The van der Waals surface area contributed by atoms with Gasteiger partial charge in [0.1, 0.15) is 0 Å². The van der Waals surface area contributed by atoms with Crippen LogP contribution in [0.25, 0.3) is 0 Å². The highest BCUT2D eigenvalue weighted by Crippen LogP contribution is 1.90. The van der Waals surface area contributed by atoms with Crippen molar-refractivity contribution in [2.75, 3.05) is 13.2 Å². The molecular formula is C11H19NO2. The van der Waals surface area contributed by atoms with Crippen molar-refractivity contribution in [3.8, 4) is 12.3 Å². The van der Waals surface area contributed by atoms with Gasteiger partial charge in [-0.3, -0.25) is 10.1 Å². The highest BCUT2D eigenvalue weighted by Gasteiger charge is 2.05. The quantitative estimate of drug-likeness (QED) is 0.380. The van der Waals surface area contributed by atoms with E-state index >= 15 is 0 Å². The second-order valence-corrected chi connectivity index (χ2v) is 3.08. The summed E-state index contributed by atoms with van der Waals surface area (Å²) in [6.07, 6.45) is 7.99. The van der Waals surface area contributed by atoms with Crippen LogP contribution in [0.1, 0.15) is 33.1 Å². The van der Waals surface area contributed by atoms with Gasteiger partial charge >= 0.3 is 5.97 Å². The zero-order chi connectivity index (χ0) is 10.8. The topological polar surface area (TPSA) is 38.3 Å². The summed E-state index contributed by atoms with van der Waals surface area (Å²) in [4.78, 5) is 11.1. The van der Waals surface area contributed by atoms with Crippen LogP contribution in [-0.4, -0.2) is 25.2 Å². The van der Waals surface area contributed by atoms with Gasteiger partial charge in [-0.25, -0.2) is 0 Å². The molecule has 1 unspecified atom stereocenters. The molecule has 0 saturated carbocycles. The Kier molecular flexibility index (Phi) is 7.96. The van der Waals surface area contributed by atoms with E-state index in [1.807, 2.05) is 6.92 Å². The standard InChI is InChI=1S/C11H19NO2/c1-4-7-8-14-11(13)9-12-10(5-2)6-3/h2,10,12H,4,6-9H2,1,3H3. The van der Waals surface area contributed by atoms with Crippen LogP contribution in [0, 0.1) is 12.3 Å². The van der Waals surface area contributed by atoms with E-state index in [9.17, 15) is 4.79 Å². The lowest BCUT2D eigenvalue weighted by Crippen LogP contribution is -2.33. The summed E-state index contributed by atoms with van der Waals surface area (Å²) in [5.41, 5.74) is 0. The van der Waals surface area contributed by atoms with Gasteiger partial charge in [-0.1, -0.05) is 26.2 Å². The van der Waals surface area contributed by atoms with E-state index in [1.165, 1.54) is 0 Å². The van der Waals surface area contributed by atoms with Gasteiger partial charge < -0.3 is 4.74 Å². The molecule has 14 heavy (non-hydrogen) atoms. The van der Waals surface area contributed by atoms with Gasteiger partial charge in [0.15, 0.2) is 0 Å². The molecule has 0 spiro atoms. The minimum Gasteiger partial charge on any atom is -0.465 e. The molecular weight excluding hydrogens is 178 g/mol. The van der Waals surface area contributed by atoms with Crippen molar-refractivity contribution in [1.29, 1.82) is 0 Å². The van der Waals surface area contributed by atoms with Crippen LogP contribution in [-0.2, 0) is 9.53 Å². The van der Waals surface area contributed by atoms with Gasteiger partial charge in [0.05, 0.1) is 19.2 Å². The maximum absolute atomic E-state index is 11.1. The lowest BCUT2D eigenvalue weighted by molar-refractivity contribution is -0.142. The lowest BCUT2D eigenvalue weighted by Gasteiger charge is -2.09. The Morgan fingerprint density at radius 1 is 1.57 bits per heavy atom. The molecule has 0 aliphatic carbocycles. The summed E-state index contributed by atoms with van der Waals surface area (Å²) in [6, 6.07) is -0.0336. The third-order valence-electron chi connectivity index (χ3n) is 1.86. The number of hydrogen-bond donors (Lipinski definition) is 1. The Balaban J connectivity index is 3.48. The Hall–Kier alpha value is -1.01. The fraction of sp³-hybridized carbons (Fsp3) is 0.727. The summed E-state index contributed by atoms with van der Waals surface area (Å²) >= 11 is 0. The van der Waals surface area contributed by atoms with Crippen molar-refractivity contribution in [2.24, 2.45) is 0 Å². The molecule has 3 nitrogen and oxygen atoms in total. The van der Waals surface area contributed by atoms with Gasteiger partial charge in [-0.2, -0.15) is 0 Å². The van der Waals surface area contributed by atoms with Crippen molar-refractivity contribution < 1.29 is 9.53 Å². The summed E-state index contributed by atoms with van der Waals surface area (Å²) in [5.74, 6) is 2.33. The molecule has 0 amide bonds. The number of unbranched alkanes of at least 4 members (excludes halogenated alkanes) is 1. The van der Waals surface area contributed by atoms with Crippen molar-refractivity contribution >= 4 is 5.97 Å². The number of carbonyl (C=O) groups excluding carboxylic acids is 1. The van der Waals surface area contributed by atoms with Crippen LogP contribution in [0.3, 0.4) is 0 Å². The Bertz CT molecular complexity index is 196. The largest absolute Gasteiger partial charge is 0.465 e. The average Bonchev–Trinajstić information content (AvgIpc) is 2.20. The average molecular weight is 197 g/mol. The van der Waals surface area contributed by atoms with Crippen molar-refractivity contribution in [3.05, 3.63) is 0 Å². The van der Waals surface area contributed by atoms with Crippen molar-refractivity contribution in [3.63, 3.8) is 0 Å². The highest BCUT2D eigenvalue weighted by molar-refractivity contribution is 5.71. The number of rotatable bonds is 7. The first-order valence-electron chi connectivity index (χ1n) is 5.09. The molecule has 1 atom stereocenters. The molecule has 80 valence electrons. The Labute approximate surface area is 86.2 Å². The Morgan fingerprint density at radius 2 is 2.29 bits per heavy atom. The van der Waals surface area contributed by atoms with E-state index in [0.29, 0.717) is 6.61 Å². The van der Waals surface area contributed by atoms with E-state index in [2.05, 4.69) is 18.2 Å². The van der Waals surface area contributed by atoms with Crippen LogP contribution in [0.5, 0.6) is 0 Å². The fourth-order valence-corrected chi connectivity index (χ4v) is 0.909. The molecule has 0 aromatic rings. The summed E-state index contributed by atoms with van der Waals surface area (Å²) < 4.78 is 4.95. The lowest BCUT2D eigenvalue weighted by atomic mass is 10.2. The van der Waals surface area contributed by atoms with Crippen LogP contribution >= 0.6 is 0 Å². The molecule has 0 aliphatic rings. The van der Waals surface area contributed by atoms with Gasteiger partial charge in [0.2, 0.25) is 0 Å². The number of carbonyl (C=O) groups is 1. The summed E-state index contributed by atoms with van der Waals surface area (Å²) in [6.45, 7) is 4.73. The number of hydrogen-bond acceptors (Lipinski definition) is 3. The van der Waals surface area contributed by atoms with E-state index in [4.69, 9.17) is 11.2 Å². The first-order valence-corrected chi connectivity index (χ1v) is 5.09. The first-order chi connectivity index (χ1) is 6.74. The fourth-order valence-electron chi connectivity index (χ4n) is 0.909. The summed E-state index contributed by atoms with van der Waals surface area (Å²) in [5, 5.41) is 2.94. The third-order valence-corrected chi connectivity index (χ3v) is 1.86. The van der Waals surface area contributed by atoms with Crippen LogP contribution in [0.2, 0.25) is 0 Å². The number of terminal acetylenes is 1. The molecule has 1 N–H and O–H groups in total. The molecule has 0 heterocycles. The maximum atomic E-state index is 11.1. The molecule has 0 bridgehead atoms. The molecule has 3 heteroatoms. The molecule has 0 rings (SSSR count). The number of nitrogens with one attached hydrogen (secondary N) is 1. The van der Waals surface area contributed by atoms with Gasteiger partial charge in [0.25, 0.3) is 0 Å². The van der Waals surface area contributed by atoms with E-state index in [-0.39, 0.29) is 18.6 Å². The molecule has 0 aromatic carbocycles. The zero-order valence-corrected chi connectivity index (χ0v) is 9.01. The molecule has 0 aromatic heterocycles. The smallest absolute Gasteiger partial charge is 0.319 e. The number of esters is 1. The van der Waals surface area contributed by atoms with Crippen LogP contribution in [0.4, 0.5) is 0 Å². The molecule has 0 radical (unpaired) electrons. The monoisotopic (exact) mass is 197 g/mol. The zero-order valence-electron chi connectivity index (χ0n) is 9.01. The van der Waals surface area contributed by atoms with Crippen LogP contribution < -0.4 is 5.32 Å². The van der Waals surface area contributed by atoms with E-state index < -0.39 is 0 Å². The minimum absolute atomic E-state index is 0.0336. The van der Waals surface area contributed by atoms with Gasteiger partial charge in [-0.05, 0) is 12.8 Å². The molecule has 0 aliphatic heterocycles.